The molecule has 0 unspecified atom stereocenters. The van der Waals surface area contributed by atoms with Gasteiger partial charge in [0.25, 0.3) is 5.56 Å². The largest absolute Gasteiger partial charge is 0.493 e. The predicted molar refractivity (Wildman–Crippen MR) is 147 cm³/mol. The van der Waals surface area contributed by atoms with Crippen LogP contribution in [-0.2, 0) is 19.1 Å². The molecule has 10 heteroatoms. The number of carbonyl (C=O) groups excluding carboxylic acids is 2. The molecule has 0 amide bonds. The molecule has 9 nitrogen and oxygen atoms in total. The normalized spacial score (nSPS) is 14.9. The van der Waals surface area contributed by atoms with Crippen LogP contribution in [0.25, 0.3) is 6.08 Å². The summed E-state index contributed by atoms with van der Waals surface area (Å²) in [4.78, 5) is 43.9. The van der Waals surface area contributed by atoms with E-state index in [1.54, 1.807) is 45.0 Å². The van der Waals surface area contributed by atoms with Gasteiger partial charge in [-0.3, -0.25) is 9.36 Å². The van der Waals surface area contributed by atoms with E-state index in [-0.39, 0.29) is 25.4 Å². The first-order valence-electron chi connectivity index (χ1n) is 12.5. The molecule has 0 bridgehead atoms. The van der Waals surface area contributed by atoms with Crippen molar-refractivity contribution in [2.24, 2.45) is 4.99 Å². The lowest BCUT2D eigenvalue weighted by Gasteiger charge is -2.24. The molecule has 0 spiro atoms. The second-order valence-electron chi connectivity index (χ2n) is 8.69. The fraction of sp³-hybridized carbons (Fsp3) is 0.310. The summed E-state index contributed by atoms with van der Waals surface area (Å²) in [5.41, 5.74) is 2.85. The number of rotatable bonds is 9. The molecule has 0 radical (unpaired) electrons. The number of methoxy groups -OCH3 is 1. The highest BCUT2D eigenvalue weighted by atomic mass is 32.1. The first-order chi connectivity index (χ1) is 18.8. The fourth-order valence-electron chi connectivity index (χ4n) is 4.29. The minimum Gasteiger partial charge on any atom is -0.493 e. The van der Waals surface area contributed by atoms with E-state index in [1.807, 2.05) is 31.2 Å². The van der Waals surface area contributed by atoms with Gasteiger partial charge < -0.3 is 18.9 Å². The molecule has 0 aliphatic carbocycles. The maximum atomic E-state index is 13.9. The Bertz CT molecular complexity index is 1600. The van der Waals surface area contributed by atoms with Crippen LogP contribution in [0.3, 0.4) is 0 Å². The number of aryl methyl sites for hydroxylation is 1. The van der Waals surface area contributed by atoms with Crippen LogP contribution in [-0.4, -0.2) is 43.4 Å². The molecular formula is C29H30N2O7S. The van der Waals surface area contributed by atoms with Gasteiger partial charge >= 0.3 is 11.9 Å². The summed E-state index contributed by atoms with van der Waals surface area (Å²) < 4.78 is 23.4. The average molecular weight is 551 g/mol. The lowest BCUT2D eigenvalue weighted by atomic mass is 9.95. The number of aromatic nitrogens is 1. The van der Waals surface area contributed by atoms with E-state index in [4.69, 9.17) is 18.9 Å². The molecule has 1 aliphatic heterocycles. The van der Waals surface area contributed by atoms with Crippen molar-refractivity contribution in [1.82, 2.24) is 4.57 Å². The van der Waals surface area contributed by atoms with E-state index in [2.05, 4.69) is 4.99 Å². The minimum atomic E-state index is -0.701. The quantitative estimate of drug-likeness (QED) is 0.377. The number of carbonyl (C=O) groups is 2. The zero-order valence-corrected chi connectivity index (χ0v) is 23.3. The maximum Gasteiger partial charge on any atom is 0.344 e. The number of fused-ring (bicyclic) bond motifs is 1. The Kier molecular flexibility index (Phi) is 8.65. The summed E-state index contributed by atoms with van der Waals surface area (Å²) in [5.74, 6) is -0.328. The van der Waals surface area contributed by atoms with Crippen molar-refractivity contribution in [1.29, 1.82) is 0 Å². The zero-order valence-electron chi connectivity index (χ0n) is 22.5. The van der Waals surface area contributed by atoms with Crippen LogP contribution in [0.5, 0.6) is 11.5 Å². The summed E-state index contributed by atoms with van der Waals surface area (Å²) >= 11 is 1.20. The van der Waals surface area contributed by atoms with Crippen LogP contribution in [0.4, 0.5) is 0 Å². The highest BCUT2D eigenvalue weighted by Gasteiger charge is 2.33. The van der Waals surface area contributed by atoms with E-state index in [0.29, 0.717) is 37.7 Å². The third-order valence-corrected chi connectivity index (χ3v) is 7.05. The fourth-order valence-corrected chi connectivity index (χ4v) is 5.33. The molecule has 2 heterocycles. The van der Waals surface area contributed by atoms with Crippen LogP contribution in [0.1, 0.15) is 43.5 Å². The van der Waals surface area contributed by atoms with E-state index in [9.17, 15) is 14.4 Å². The molecule has 0 saturated carbocycles. The molecule has 3 aromatic rings. The van der Waals surface area contributed by atoms with Gasteiger partial charge in [0.05, 0.1) is 42.2 Å². The molecule has 0 saturated heterocycles. The lowest BCUT2D eigenvalue weighted by molar-refractivity contribution is -0.145. The number of allylic oxidation sites excluding steroid dienone is 1. The number of ether oxygens (including phenoxy) is 4. The molecule has 39 heavy (non-hydrogen) atoms. The summed E-state index contributed by atoms with van der Waals surface area (Å²) in [6.07, 6.45) is 1.67. The van der Waals surface area contributed by atoms with Gasteiger partial charge in [0.15, 0.2) is 22.9 Å². The highest BCUT2D eigenvalue weighted by molar-refractivity contribution is 7.07. The van der Waals surface area contributed by atoms with E-state index >= 15 is 0 Å². The van der Waals surface area contributed by atoms with Crippen molar-refractivity contribution in [2.75, 3.05) is 26.9 Å². The Labute approximate surface area is 229 Å². The molecule has 0 fully saturated rings. The average Bonchev–Trinajstić information content (AvgIpc) is 3.21. The van der Waals surface area contributed by atoms with E-state index in [0.717, 1.165) is 11.1 Å². The van der Waals surface area contributed by atoms with Gasteiger partial charge in [0, 0.05) is 5.56 Å². The van der Waals surface area contributed by atoms with Crippen molar-refractivity contribution < 1.29 is 28.5 Å². The second-order valence-corrected chi connectivity index (χ2v) is 9.69. The number of hydrogen-bond acceptors (Lipinski definition) is 9. The Morgan fingerprint density at radius 2 is 1.77 bits per heavy atom. The Hall–Kier alpha value is -4.18. The molecular weight excluding hydrogens is 520 g/mol. The van der Waals surface area contributed by atoms with E-state index < -0.39 is 18.0 Å². The number of thiazole rings is 1. The standard InChI is InChI=1S/C29H30N2O7S/c1-6-36-23(32)16-38-26-20(9-8-10-21(26)35-5)15-22-27(33)31-25(19-13-11-17(3)12-14-19)24(28(34)37-7-2)18(4)30-29(31)39-22/h8-15,25H,6-7,16H2,1-5H3/b22-15-/t25-/m1/s1. The topological polar surface area (TPSA) is 105 Å². The molecule has 0 N–H and O–H groups in total. The Morgan fingerprint density at radius 1 is 1.05 bits per heavy atom. The van der Waals surface area contributed by atoms with Crippen molar-refractivity contribution >= 4 is 29.4 Å². The third-order valence-electron chi connectivity index (χ3n) is 6.07. The zero-order chi connectivity index (χ0) is 28.1. The SMILES string of the molecule is CCOC(=O)COc1c(/C=c2\sc3n(c2=O)[C@H](c2ccc(C)cc2)C(C(=O)OCC)=C(C)N=3)cccc1OC. The van der Waals surface area contributed by atoms with Gasteiger partial charge in [0.2, 0.25) is 0 Å². The summed E-state index contributed by atoms with van der Waals surface area (Å²) in [6, 6.07) is 12.2. The summed E-state index contributed by atoms with van der Waals surface area (Å²) in [6.45, 7) is 7.28. The number of esters is 2. The van der Waals surface area contributed by atoms with Gasteiger partial charge in [0.1, 0.15) is 0 Å². The molecule has 4 rings (SSSR count). The van der Waals surface area contributed by atoms with Gasteiger partial charge in [-0.2, -0.15) is 0 Å². The monoisotopic (exact) mass is 550 g/mol. The van der Waals surface area contributed by atoms with Crippen LogP contribution >= 0.6 is 11.3 Å². The number of hydrogen-bond donors (Lipinski definition) is 0. The number of para-hydroxylation sites is 1. The lowest BCUT2D eigenvalue weighted by Crippen LogP contribution is -2.39. The van der Waals surface area contributed by atoms with Crippen LogP contribution in [0.2, 0.25) is 0 Å². The van der Waals surface area contributed by atoms with Crippen LogP contribution < -0.4 is 24.4 Å². The Morgan fingerprint density at radius 3 is 2.44 bits per heavy atom. The van der Waals surface area contributed by atoms with Crippen molar-refractivity contribution in [3.05, 3.63) is 90.1 Å². The van der Waals surface area contributed by atoms with Crippen molar-refractivity contribution in [3.63, 3.8) is 0 Å². The second kappa shape index (κ2) is 12.1. The number of nitrogens with zero attached hydrogens (tertiary/aromatic N) is 2. The smallest absolute Gasteiger partial charge is 0.344 e. The van der Waals surface area contributed by atoms with Crippen LogP contribution in [0, 0.1) is 6.92 Å². The third kappa shape index (κ3) is 5.80. The molecule has 204 valence electrons. The predicted octanol–water partition coefficient (Wildman–Crippen LogP) is 3.06. The van der Waals surface area contributed by atoms with Gasteiger partial charge in [-0.15, -0.1) is 0 Å². The van der Waals surface area contributed by atoms with Crippen molar-refractivity contribution in [2.45, 2.75) is 33.7 Å². The molecule has 2 aromatic carbocycles. The van der Waals surface area contributed by atoms with Gasteiger partial charge in [-0.25, -0.2) is 14.6 Å². The maximum absolute atomic E-state index is 13.9. The first-order valence-corrected chi connectivity index (χ1v) is 13.3. The van der Waals surface area contributed by atoms with Gasteiger partial charge in [-0.1, -0.05) is 53.3 Å². The molecule has 1 atom stereocenters. The van der Waals surface area contributed by atoms with Crippen LogP contribution in [0.15, 0.2) is 63.5 Å². The summed E-state index contributed by atoms with van der Waals surface area (Å²) in [7, 11) is 1.49. The molecule has 1 aromatic heterocycles. The van der Waals surface area contributed by atoms with Crippen molar-refractivity contribution in [3.8, 4) is 11.5 Å². The van der Waals surface area contributed by atoms with Gasteiger partial charge in [-0.05, 0) is 45.4 Å². The molecule has 1 aliphatic rings. The van der Waals surface area contributed by atoms with E-state index in [1.165, 1.54) is 23.0 Å². The Balaban J connectivity index is 1.88. The number of benzene rings is 2. The summed E-state index contributed by atoms with van der Waals surface area (Å²) in [5, 5.41) is 0. The minimum absolute atomic E-state index is 0.199. The first kappa shape index (κ1) is 27.8. The highest BCUT2D eigenvalue weighted by Crippen LogP contribution is 2.33.